The Balaban J connectivity index is 2.27. The van der Waals surface area contributed by atoms with Gasteiger partial charge in [-0.15, -0.1) is 0 Å². The number of hydrogen-bond donors (Lipinski definition) is 0. The maximum atomic E-state index is 11.6. The fraction of sp³-hybridized carbons (Fsp3) is 0.0714. The van der Waals surface area contributed by atoms with Gasteiger partial charge in [0.05, 0.1) is 7.11 Å². The van der Waals surface area contributed by atoms with Gasteiger partial charge in [0, 0.05) is 12.1 Å². The van der Waals surface area contributed by atoms with Crippen molar-refractivity contribution < 1.29 is 18.7 Å². The highest BCUT2D eigenvalue weighted by Gasteiger charge is 2.18. The number of aromatic nitrogens is 1. The lowest BCUT2D eigenvalue weighted by Gasteiger charge is -2.10. The van der Waals surface area contributed by atoms with Crippen molar-refractivity contribution in [3.05, 3.63) is 46.6 Å². The van der Waals surface area contributed by atoms with Gasteiger partial charge in [-0.1, -0.05) is 12.1 Å². The zero-order valence-electron chi connectivity index (χ0n) is 10.5. The molecule has 1 aromatic carbocycles. The molecule has 0 unspecified atom stereocenters. The molecule has 20 heavy (non-hydrogen) atoms. The van der Waals surface area contributed by atoms with E-state index >= 15 is 0 Å². The van der Waals surface area contributed by atoms with Gasteiger partial charge in [0.1, 0.15) is 11.2 Å². The van der Waals surface area contributed by atoms with E-state index in [0.29, 0.717) is 11.1 Å². The molecule has 0 spiro atoms. The molecule has 1 heterocycles. The fourth-order valence-corrected chi connectivity index (χ4v) is 1.83. The first kappa shape index (κ1) is 12.2. The van der Waals surface area contributed by atoms with Gasteiger partial charge in [-0.05, 0) is 12.1 Å². The van der Waals surface area contributed by atoms with Crippen LogP contribution in [0.25, 0.3) is 22.6 Å². The summed E-state index contributed by atoms with van der Waals surface area (Å²) in [5.41, 5.74) is 1.06. The van der Waals surface area contributed by atoms with Crippen LogP contribution in [0.1, 0.15) is 0 Å². The van der Waals surface area contributed by atoms with Gasteiger partial charge in [-0.3, -0.25) is 4.79 Å². The van der Waals surface area contributed by atoms with E-state index in [-0.39, 0.29) is 22.6 Å². The van der Waals surface area contributed by atoms with Gasteiger partial charge < -0.3 is 13.9 Å². The van der Waals surface area contributed by atoms with Crippen molar-refractivity contribution in [1.29, 1.82) is 0 Å². The number of carbonyl (C=O) groups excluding carboxylic acids is 1. The summed E-state index contributed by atoms with van der Waals surface area (Å²) in [5.74, 6) is 0.254. The molecule has 0 bridgehead atoms. The SMILES string of the molecule is COC(=O)Oc1cc(=O)cc2oc3ccccc3nc1-2. The zero-order chi connectivity index (χ0) is 14.1. The fourth-order valence-electron chi connectivity index (χ4n) is 1.83. The number of ether oxygens (including phenoxy) is 2. The van der Waals surface area contributed by atoms with E-state index in [1.165, 1.54) is 13.2 Å². The van der Waals surface area contributed by atoms with Crippen LogP contribution in [0.5, 0.6) is 5.75 Å². The third-order valence-electron chi connectivity index (χ3n) is 2.69. The minimum absolute atomic E-state index is 0.00820. The van der Waals surface area contributed by atoms with E-state index in [4.69, 9.17) is 9.15 Å². The van der Waals surface area contributed by atoms with Crippen LogP contribution in [0.4, 0.5) is 4.79 Å². The van der Waals surface area contributed by atoms with Crippen molar-refractivity contribution in [3.8, 4) is 17.2 Å². The summed E-state index contributed by atoms with van der Waals surface area (Å²) in [5, 5.41) is 0. The van der Waals surface area contributed by atoms with Crippen molar-refractivity contribution in [1.82, 2.24) is 4.98 Å². The van der Waals surface area contributed by atoms with Gasteiger partial charge >= 0.3 is 6.16 Å². The summed E-state index contributed by atoms with van der Waals surface area (Å²) in [6.07, 6.45) is -0.924. The second-order valence-electron chi connectivity index (χ2n) is 4.01. The minimum atomic E-state index is -0.924. The van der Waals surface area contributed by atoms with Crippen molar-refractivity contribution >= 4 is 17.3 Å². The summed E-state index contributed by atoms with van der Waals surface area (Å²) < 4.78 is 14.9. The highest BCUT2D eigenvalue weighted by molar-refractivity contribution is 5.79. The standard InChI is InChI=1S/C14H9NO5/c1-18-14(17)20-12-7-8(16)6-11-13(12)15-9-4-2-3-5-10(9)19-11/h2-7H,1H3. The minimum Gasteiger partial charge on any atom is -0.453 e. The first-order chi connectivity index (χ1) is 9.67. The molecule has 0 N–H and O–H groups in total. The van der Waals surface area contributed by atoms with Crippen molar-refractivity contribution in [2.75, 3.05) is 7.11 Å². The molecule has 0 saturated heterocycles. The first-order valence-electron chi connectivity index (χ1n) is 5.77. The Bertz CT molecular complexity index is 823. The molecule has 0 radical (unpaired) electrons. The first-order valence-corrected chi connectivity index (χ1v) is 5.77. The average Bonchev–Trinajstić information content (AvgIpc) is 2.45. The van der Waals surface area contributed by atoms with Crippen LogP contribution in [0, 0.1) is 0 Å². The highest BCUT2D eigenvalue weighted by atomic mass is 16.7. The topological polar surface area (TPSA) is 78.6 Å². The number of nitrogens with zero attached hydrogens (tertiary/aromatic N) is 1. The summed E-state index contributed by atoms with van der Waals surface area (Å²) in [4.78, 5) is 27.1. The number of rotatable bonds is 1. The van der Waals surface area contributed by atoms with Gasteiger partial charge in [-0.25, -0.2) is 9.78 Å². The van der Waals surface area contributed by atoms with E-state index in [1.807, 2.05) is 0 Å². The van der Waals surface area contributed by atoms with E-state index in [0.717, 1.165) is 6.07 Å². The second kappa shape index (κ2) is 4.65. The predicted octanol–water partition coefficient (Wildman–Crippen LogP) is 2.44. The molecule has 1 aliphatic heterocycles. The van der Waals surface area contributed by atoms with E-state index in [9.17, 15) is 9.59 Å². The third-order valence-corrected chi connectivity index (χ3v) is 2.69. The Morgan fingerprint density at radius 1 is 1.25 bits per heavy atom. The summed E-state index contributed by atoms with van der Waals surface area (Å²) in [7, 11) is 1.18. The van der Waals surface area contributed by atoms with Crippen LogP contribution in [0.3, 0.4) is 0 Å². The van der Waals surface area contributed by atoms with Crippen LogP contribution in [0.2, 0.25) is 0 Å². The van der Waals surface area contributed by atoms with Crippen LogP contribution < -0.4 is 10.2 Å². The lowest BCUT2D eigenvalue weighted by Crippen LogP contribution is -2.11. The lowest BCUT2D eigenvalue weighted by atomic mass is 10.2. The molecule has 6 nitrogen and oxygen atoms in total. The maximum Gasteiger partial charge on any atom is 0.513 e. The maximum absolute atomic E-state index is 11.6. The molecule has 1 aromatic rings. The van der Waals surface area contributed by atoms with Crippen LogP contribution in [0.15, 0.2) is 45.6 Å². The average molecular weight is 271 g/mol. The Hall–Kier alpha value is -2.89. The summed E-state index contributed by atoms with van der Waals surface area (Å²) in [6, 6.07) is 9.55. The molecule has 2 aliphatic rings. The largest absolute Gasteiger partial charge is 0.513 e. The molecule has 0 atom stereocenters. The van der Waals surface area contributed by atoms with Gasteiger partial charge in [0.15, 0.2) is 22.5 Å². The number of para-hydroxylation sites is 2. The zero-order valence-corrected chi connectivity index (χ0v) is 10.5. The number of benzene rings is 2. The summed E-state index contributed by atoms with van der Waals surface area (Å²) in [6.45, 7) is 0. The normalized spacial score (nSPS) is 10.7. The predicted molar refractivity (Wildman–Crippen MR) is 69.9 cm³/mol. The number of methoxy groups -OCH3 is 1. The van der Waals surface area contributed by atoms with Crippen LogP contribution in [-0.4, -0.2) is 18.2 Å². The van der Waals surface area contributed by atoms with Gasteiger partial charge in [-0.2, -0.15) is 0 Å². The van der Waals surface area contributed by atoms with Gasteiger partial charge in [0.25, 0.3) is 0 Å². The van der Waals surface area contributed by atoms with Crippen molar-refractivity contribution in [3.63, 3.8) is 0 Å². The molecule has 1 aliphatic carbocycles. The molecule has 0 amide bonds. The number of hydrogen-bond acceptors (Lipinski definition) is 6. The Morgan fingerprint density at radius 2 is 2.05 bits per heavy atom. The molecular weight excluding hydrogens is 262 g/mol. The monoisotopic (exact) mass is 271 g/mol. The third kappa shape index (κ3) is 2.07. The number of fused-ring (bicyclic) bond motifs is 2. The Morgan fingerprint density at radius 3 is 2.85 bits per heavy atom. The second-order valence-corrected chi connectivity index (χ2v) is 4.01. The Labute approximate surface area is 112 Å². The molecule has 3 rings (SSSR count). The van der Waals surface area contributed by atoms with Crippen molar-refractivity contribution in [2.24, 2.45) is 0 Å². The van der Waals surface area contributed by atoms with E-state index < -0.39 is 6.16 Å². The molecular formula is C14H9NO5. The molecule has 6 heteroatoms. The van der Waals surface area contributed by atoms with E-state index in [2.05, 4.69) is 9.72 Å². The Kier molecular flexibility index (Phi) is 2.83. The van der Waals surface area contributed by atoms with Gasteiger partial charge in [0.2, 0.25) is 0 Å². The van der Waals surface area contributed by atoms with Crippen LogP contribution in [-0.2, 0) is 4.74 Å². The van der Waals surface area contributed by atoms with Crippen LogP contribution >= 0.6 is 0 Å². The summed E-state index contributed by atoms with van der Waals surface area (Å²) >= 11 is 0. The molecule has 0 saturated carbocycles. The smallest absolute Gasteiger partial charge is 0.453 e. The molecule has 0 fully saturated rings. The van der Waals surface area contributed by atoms with E-state index in [1.54, 1.807) is 24.3 Å². The number of carbonyl (C=O) groups is 1. The molecule has 100 valence electrons. The molecule has 0 aromatic heterocycles. The lowest BCUT2D eigenvalue weighted by molar-refractivity contribution is 0.121. The van der Waals surface area contributed by atoms with Crippen molar-refractivity contribution in [2.45, 2.75) is 0 Å². The quantitative estimate of drug-likeness (QED) is 0.384. The highest BCUT2D eigenvalue weighted by Crippen LogP contribution is 2.31.